The smallest absolute Gasteiger partial charge is 0.328 e. The maximum Gasteiger partial charge on any atom is 0.328 e. The zero-order valence-electron chi connectivity index (χ0n) is 17.8. The first-order valence-electron chi connectivity index (χ1n) is 10.0. The number of benzene rings is 1. The molecular weight excluding hydrogens is 414 g/mol. The Labute approximate surface area is 184 Å². The van der Waals surface area contributed by atoms with Crippen molar-refractivity contribution in [2.75, 3.05) is 12.0 Å². The zero-order valence-corrected chi connectivity index (χ0v) is 18.6. The Kier molecular flexibility index (Phi) is 5.73. The van der Waals surface area contributed by atoms with Crippen LogP contribution in [0.2, 0.25) is 0 Å². The number of carbonyl (C=O) groups is 2. The molecule has 1 aliphatic rings. The number of carbonyl (C=O) groups excluding carboxylic acids is 2. The normalized spacial score (nSPS) is 16.5. The highest BCUT2D eigenvalue weighted by molar-refractivity contribution is 7.15. The summed E-state index contributed by atoms with van der Waals surface area (Å²) in [4.78, 5) is 37.1. The molecule has 8 heteroatoms. The average molecular weight is 438 g/mol. The fraction of sp³-hybridized carbons (Fsp3) is 0.304. The van der Waals surface area contributed by atoms with E-state index in [2.05, 4.69) is 4.98 Å². The van der Waals surface area contributed by atoms with Gasteiger partial charge in [-0.2, -0.15) is 0 Å². The number of thiazole rings is 1. The van der Waals surface area contributed by atoms with Gasteiger partial charge in [-0.3, -0.25) is 14.7 Å². The number of hydrogen-bond donors (Lipinski definition) is 0. The van der Waals surface area contributed by atoms with Gasteiger partial charge in [-0.15, -0.1) is 11.3 Å². The van der Waals surface area contributed by atoms with Crippen molar-refractivity contribution in [1.82, 2.24) is 9.97 Å². The van der Waals surface area contributed by atoms with Gasteiger partial charge in [-0.25, -0.2) is 9.78 Å². The van der Waals surface area contributed by atoms with Gasteiger partial charge >= 0.3 is 5.97 Å². The second-order valence-electron chi connectivity index (χ2n) is 7.24. The Morgan fingerprint density at radius 2 is 2.13 bits per heavy atom. The van der Waals surface area contributed by atoms with Crippen molar-refractivity contribution in [2.24, 2.45) is 0 Å². The van der Waals surface area contributed by atoms with Gasteiger partial charge in [0, 0.05) is 16.6 Å². The molecule has 0 spiro atoms. The minimum Gasteiger partial charge on any atom is -0.479 e. The Balaban J connectivity index is 1.80. The SMILES string of the molecule is CCC(C(=O)OC)N1C(=O)C(C)Oc2ccc(-c3nc(-c4ccccn4)sc3C)cc21. The molecule has 0 fully saturated rings. The predicted octanol–water partition coefficient (Wildman–Crippen LogP) is 4.25. The van der Waals surface area contributed by atoms with E-state index in [4.69, 9.17) is 14.5 Å². The monoisotopic (exact) mass is 437 g/mol. The number of hydrogen-bond acceptors (Lipinski definition) is 7. The van der Waals surface area contributed by atoms with Crippen molar-refractivity contribution in [2.45, 2.75) is 39.3 Å². The van der Waals surface area contributed by atoms with E-state index in [1.165, 1.54) is 12.0 Å². The molecule has 0 N–H and O–H groups in total. The molecule has 31 heavy (non-hydrogen) atoms. The van der Waals surface area contributed by atoms with Crippen molar-refractivity contribution in [3.8, 4) is 27.7 Å². The van der Waals surface area contributed by atoms with Crippen molar-refractivity contribution in [3.05, 3.63) is 47.5 Å². The van der Waals surface area contributed by atoms with Crippen LogP contribution in [-0.4, -0.2) is 41.1 Å². The van der Waals surface area contributed by atoms with Gasteiger partial charge in [0.2, 0.25) is 0 Å². The summed E-state index contributed by atoms with van der Waals surface area (Å²) in [7, 11) is 1.33. The molecule has 7 nitrogen and oxygen atoms in total. The van der Waals surface area contributed by atoms with E-state index in [-0.39, 0.29) is 5.91 Å². The van der Waals surface area contributed by atoms with Gasteiger partial charge in [0.25, 0.3) is 5.91 Å². The minimum atomic E-state index is -0.724. The number of pyridine rings is 1. The molecule has 2 unspecified atom stereocenters. The molecule has 0 saturated heterocycles. The van der Waals surface area contributed by atoms with Crippen LogP contribution in [0.5, 0.6) is 5.75 Å². The number of nitrogens with zero attached hydrogens (tertiary/aromatic N) is 3. The fourth-order valence-corrected chi connectivity index (χ4v) is 4.60. The number of methoxy groups -OCH3 is 1. The summed E-state index contributed by atoms with van der Waals surface area (Å²) in [6.07, 6.45) is 1.48. The zero-order chi connectivity index (χ0) is 22.1. The summed E-state index contributed by atoms with van der Waals surface area (Å²) in [6, 6.07) is 10.6. The first-order chi connectivity index (χ1) is 14.9. The van der Waals surface area contributed by atoms with E-state index in [1.54, 1.807) is 24.5 Å². The Morgan fingerprint density at radius 3 is 2.81 bits per heavy atom. The second kappa shape index (κ2) is 8.47. The fourth-order valence-electron chi connectivity index (χ4n) is 3.68. The molecule has 1 aromatic carbocycles. The molecule has 1 amide bonds. The van der Waals surface area contributed by atoms with Crippen LogP contribution < -0.4 is 9.64 Å². The molecule has 0 aliphatic carbocycles. The highest BCUT2D eigenvalue weighted by Crippen LogP contribution is 2.41. The van der Waals surface area contributed by atoms with E-state index < -0.39 is 18.1 Å². The molecule has 2 atom stereocenters. The highest BCUT2D eigenvalue weighted by Gasteiger charge is 2.39. The number of fused-ring (bicyclic) bond motifs is 1. The van der Waals surface area contributed by atoms with Gasteiger partial charge in [0.1, 0.15) is 16.8 Å². The van der Waals surface area contributed by atoms with Crippen LogP contribution in [0, 0.1) is 6.92 Å². The molecular formula is C23H23N3O4S. The number of amides is 1. The molecule has 4 rings (SSSR count). The number of esters is 1. The summed E-state index contributed by atoms with van der Waals surface area (Å²) in [5.41, 5.74) is 3.01. The van der Waals surface area contributed by atoms with E-state index in [9.17, 15) is 9.59 Å². The van der Waals surface area contributed by atoms with Crippen LogP contribution in [0.1, 0.15) is 25.1 Å². The lowest BCUT2D eigenvalue weighted by atomic mass is 10.0. The van der Waals surface area contributed by atoms with E-state index >= 15 is 0 Å². The van der Waals surface area contributed by atoms with E-state index in [0.717, 1.165) is 26.8 Å². The third-order valence-electron chi connectivity index (χ3n) is 5.23. The standard InChI is InChI=1S/C23H23N3O4S/c1-5-17(23(28)29-4)26-18-12-15(9-10-19(18)30-13(2)22(26)27)20-14(3)31-21(25-20)16-8-6-7-11-24-16/h6-13,17H,5H2,1-4H3. The van der Waals surface area contributed by atoms with Crippen LogP contribution in [0.3, 0.4) is 0 Å². The minimum absolute atomic E-state index is 0.272. The highest BCUT2D eigenvalue weighted by atomic mass is 32.1. The molecule has 160 valence electrons. The summed E-state index contributed by atoms with van der Waals surface area (Å²) in [6.45, 7) is 5.53. The lowest BCUT2D eigenvalue weighted by molar-refractivity contribution is -0.144. The van der Waals surface area contributed by atoms with Gasteiger partial charge in [-0.05, 0) is 50.6 Å². The van der Waals surface area contributed by atoms with Crippen molar-refractivity contribution in [1.29, 1.82) is 0 Å². The van der Waals surface area contributed by atoms with Crippen molar-refractivity contribution < 1.29 is 19.1 Å². The second-order valence-corrected chi connectivity index (χ2v) is 8.44. The number of anilines is 1. The van der Waals surface area contributed by atoms with Gasteiger partial charge < -0.3 is 9.47 Å². The summed E-state index contributed by atoms with van der Waals surface area (Å²) < 4.78 is 10.8. The van der Waals surface area contributed by atoms with E-state index in [1.807, 2.05) is 50.2 Å². The van der Waals surface area contributed by atoms with E-state index in [0.29, 0.717) is 17.9 Å². The number of aryl methyl sites for hydroxylation is 1. The lowest BCUT2D eigenvalue weighted by Crippen LogP contribution is -2.52. The van der Waals surface area contributed by atoms with Crippen molar-refractivity contribution in [3.63, 3.8) is 0 Å². The molecule has 0 bridgehead atoms. The topological polar surface area (TPSA) is 81.6 Å². The summed E-state index contributed by atoms with van der Waals surface area (Å²) in [5.74, 6) is -0.175. The van der Waals surface area contributed by atoms with Crippen LogP contribution in [0.15, 0.2) is 42.6 Å². The van der Waals surface area contributed by atoms with Gasteiger partial charge in [0.05, 0.1) is 24.2 Å². The summed E-state index contributed by atoms with van der Waals surface area (Å²) in [5, 5.41) is 0.824. The Bertz CT molecular complexity index is 1130. The Morgan fingerprint density at radius 1 is 1.32 bits per heavy atom. The van der Waals surface area contributed by atoms with Gasteiger partial charge in [-0.1, -0.05) is 13.0 Å². The maximum absolute atomic E-state index is 13.0. The molecule has 3 heterocycles. The van der Waals surface area contributed by atoms with Crippen LogP contribution in [-0.2, 0) is 14.3 Å². The number of ether oxygens (including phenoxy) is 2. The van der Waals surface area contributed by atoms with Crippen LogP contribution in [0.25, 0.3) is 22.0 Å². The molecule has 3 aromatic rings. The number of rotatable bonds is 5. The first kappa shape index (κ1) is 21.0. The predicted molar refractivity (Wildman–Crippen MR) is 119 cm³/mol. The third-order valence-corrected chi connectivity index (χ3v) is 6.23. The quantitative estimate of drug-likeness (QED) is 0.555. The molecule has 0 radical (unpaired) electrons. The molecule has 2 aromatic heterocycles. The third kappa shape index (κ3) is 3.79. The maximum atomic E-state index is 13.0. The molecule has 0 saturated carbocycles. The first-order valence-corrected chi connectivity index (χ1v) is 10.9. The average Bonchev–Trinajstić information content (AvgIpc) is 3.18. The van der Waals surface area contributed by atoms with Crippen LogP contribution >= 0.6 is 11.3 Å². The van der Waals surface area contributed by atoms with Crippen LogP contribution in [0.4, 0.5) is 5.69 Å². The number of aromatic nitrogens is 2. The van der Waals surface area contributed by atoms with Crippen molar-refractivity contribution >= 4 is 28.9 Å². The Hall–Kier alpha value is -3.26. The van der Waals surface area contributed by atoms with Gasteiger partial charge in [0.15, 0.2) is 6.10 Å². The molecule has 1 aliphatic heterocycles. The largest absolute Gasteiger partial charge is 0.479 e. The lowest BCUT2D eigenvalue weighted by Gasteiger charge is -2.37. The summed E-state index contributed by atoms with van der Waals surface area (Å²) >= 11 is 1.56.